The van der Waals surface area contributed by atoms with Crippen molar-refractivity contribution in [3.05, 3.63) is 80.9 Å². The normalized spacial score (nSPS) is 15.2. The van der Waals surface area contributed by atoms with E-state index in [1.165, 1.54) is 30.0 Å². The lowest BCUT2D eigenvalue weighted by molar-refractivity contribution is -0.123. The molecule has 3 N–H and O–H groups in total. The molecule has 10 heteroatoms. The number of para-hydroxylation sites is 1. The molecule has 0 bridgehead atoms. The van der Waals surface area contributed by atoms with E-state index in [4.69, 9.17) is 11.6 Å². The monoisotopic (exact) mass is 458 g/mol. The maximum absolute atomic E-state index is 13.9. The standard InChI is InChI=1S/C21H16ClFN4O3S/c22-12-7-5-11(6-8-12)10-31-21-26-18-17(20(30)27-21)13(9-16(28)25-18)19(29)24-15-4-2-1-3-14(15)23/h1-8,13H,9-10H2,(H,24,29)(H2,25,26,27,28,30)/t13-/m1/s1. The molecule has 0 radical (unpaired) electrons. The van der Waals surface area contributed by atoms with Gasteiger partial charge in [0.25, 0.3) is 5.56 Å². The van der Waals surface area contributed by atoms with Crippen LogP contribution >= 0.6 is 23.4 Å². The molecule has 0 fully saturated rings. The summed E-state index contributed by atoms with van der Waals surface area (Å²) in [4.78, 5) is 44.6. The van der Waals surface area contributed by atoms with Crippen molar-refractivity contribution in [3.8, 4) is 0 Å². The van der Waals surface area contributed by atoms with Crippen molar-refractivity contribution in [3.63, 3.8) is 0 Å². The molecule has 0 unspecified atom stereocenters. The molecule has 0 aliphatic carbocycles. The summed E-state index contributed by atoms with van der Waals surface area (Å²) < 4.78 is 13.9. The van der Waals surface area contributed by atoms with Crippen LogP contribution in [0.4, 0.5) is 15.9 Å². The summed E-state index contributed by atoms with van der Waals surface area (Å²) in [6.07, 6.45) is -0.241. The number of nitrogens with zero attached hydrogens (tertiary/aromatic N) is 1. The highest BCUT2D eigenvalue weighted by molar-refractivity contribution is 7.98. The van der Waals surface area contributed by atoms with E-state index >= 15 is 0 Å². The van der Waals surface area contributed by atoms with E-state index in [1.54, 1.807) is 18.2 Å². The molecule has 31 heavy (non-hydrogen) atoms. The van der Waals surface area contributed by atoms with Gasteiger partial charge in [-0.1, -0.05) is 47.6 Å². The lowest BCUT2D eigenvalue weighted by Crippen LogP contribution is -2.36. The van der Waals surface area contributed by atoms with Gasteiger partial charge in [0.1, 0.15) is 11.6 Å². The first-order chi connectivity index (χ1) is 14.9. The maximum atomic E-state index is 13.9. The third-order valence-electron chi connectivity index (χ3n) is 4.67. The van der Waals surface area contributed by atoms with E-state index in [1.807, 2.05) is 12.1 Å². The maximum Gasteiger partial charge on any atom is 0.257 e. The van der Waals surface area contributed by atoms with Crippen molar-refractivity contribution in [2.24, 2.45) is 0 Å². The third kappa shape index (κ3) is 4.78. The first-order valence-corrected chi connectivity index (χ1v) is 10.6. The molecule has 4 rings (SSSR count). The lowest BCUT2D eigenvalue weighted by Gasteiger charge is -2.23. The van der Waals surface area contributed by atoms with Crippen LogP contribution in [0.25, 0.3) is 0 Å². The van der Waals surface area contributed by atoms with E-state index in [0.29, 0.717) is 15.9 Å². The number of rotatable bonds is 5. The van der Waals surface area contributed by atoms with Crippen LogP contribution in [0, 0.1) is 5.82 Å². The van der Waals surface area contributed by atoms with Crippen molar-refractivity contribution in [2.45, 2.75) is 23.2 Å². The summed E-state index contributed by atoms with van der Waals surface area (Å²) in [5, 5.41) is 5.92. The van der Waals surface area contributed by atoms with Gasteiger partial charge in [0.15, 0.2) is 5.16 Å². The van der Waals surface area contributed by atoms with Gasteiger partial charge in [0, 0.05) is 17.2 Å². The zero-order chi connectivity index (χ0) is 22.0. The lowest BCUT2D eigenvalue weighted by atomic mass is 9.92. The molecule has 7 nitrogen and oxygen atoms in total. The number of hydrogen-bond acceptors (Lipinski definition) is 5. The number of amides is 2. The molecule has 0 spiro atoms. The average molecular weight is 459 g/mol. The predicted octanol–water partition coefficient (Wildman–Crippen LogP) is 3.92. The summed E-state index contributed by atoms with van der Waals surface area (Å²) in [5.74, 6) is -2.26. The Hall–Kier alpha value is -3.17. The number of anilines is 2. The largest absolute Gasteiger partial charge is 0.323 e. The Morgan fingerprint density at radius 2 is 1.94 bits per heavy atom. The number of nitrogens with one attached hydrogen (secondary N) is 3. The topological polar surface area (TPSA) is 104 Å². The Labute approximate surface area is 185 Å². The number of benzene rings is 2. The Balaban J connectivity index is 1.58. The molecule has 1 atom stereocenters. The fourth-order valence-corrected chi connectivity index (χ4v) is 4.10. The average Bonchev–Trinajstić information content (AvgIpc) is 2.74. The van der Waals surface area contributed by atoms with Crippen LogP contribution in [-0.2, 0) is 15.3 Å². The highest BCUT2D eigenvalue weighted by Crippen LogP contribution is 2.31. The second-order valence-electron chi connectivity index (χ2n) is 6.82. The highest BCUT2D eigenvalue weighted by atomic mass is 35.5. The van der Waals surface area contributed by atoms with Crippen LogP contribution < -0.4 is 16.2 Å². The summed E-state index contributed by atoms with van der Waals surface area (Å²) in [6.45, 7) is 0. The quantitative estimate of drug-likeness (QED) is 0.397. The van der Waals surface area contributed by atoms with Gasteiger partial charge in [-0.3, -0.25) is 14.4 Å². The SMILES string of the molecule is O=C1C[C@@H](C(=O)Nc2ccccc2F)c2c(nc(SCc3ccc(Cl)cc3)[nH]c2=O)N1. The van der Waals surface area contributed by atoms with Gasteiger partial charge in [0.2, 0.25) is 11.8 Å². The second kappa shape index (κ2) is 8.91. The first-order valence-electron chi connectivity index (χ1n) is 9.27. The summed E-state index contributed by atoms with van der Waals surface area (Å²) in [5.41, 5.74) is 0.460. The van der Waals surface area contributed by atoms with E-state index in [0.717, 1.165) is 5.56 Å². The van der Waals surface area contributed by atoms with Crippen molar-refractivity contribution >= 4 is 46.7 Å². The highest BCUT2D eigenvalue weighted by Gasteiger charge is 2.35. The van der Waals surface area contributed by atoms with E-state index < -0.39 is 29.1 Å². The second-order valence-corrected chi connectivity index (χ2v) is 8.22. The van der Waals surface area contributed by atoms with Gasteiger partial charge in [-0.05, 0) is 29.8 Å². The fraction of sp³-hybridized carbons (Fsp3) is 0.143. The zero-order valence-corrected chi connectivity index (χ0v) is 17.5. The van der Waals surface area contributed by atoms with Gasteiger partial charge in [0.05, 0.1) is 17.2 Å². The summed E-state index contributed by atoms with van der Waals surface area (Å²) in [7, 11) is 0. The van der Waals surface area contributed by atoms with Crippen molar-refractivity contribution < 1.29 is 14.0 Å². The Morgan fingerprint density at radius 1 is 1.19 bits per heavy atom. The van der Waals surface area contributed by atoms with Crippen molar-refractivity contribution in [1.82, 2.24) is 9.97 Å². The first kappa shape index (κ1) is 21.1. The minimum Gasteiger partial charge on any atom is -0.323 e. The minimum absolute atomic E-state index is 0.0282. The van der Waals surface area contributed by atoms with Crippen molar-refractivity contribution in [2.75, 3.05) is 10.6 Å². The molecular formula is C21H16ClFN4O3S. The predicted molar refractivity (Wildman–Crippen MR) is 117 cm³/mol. The van der Waals surface area contributed by atoms with E-state index in [2.05, 4.69) is 20.6 Å². The number of aromatic nitrogens is 2. The Kier molecular flexibility index (Phi) is 6.06. The van der Waals surface area contributed by atoms with Gasteiger partial charge in [-0.2, -0.15) is 0 Å². The smallest absolute Gasteiger partial charge is 0.257 e. The number of fused-ring (bicyclic) bond motifs is 1. The van der Waals surface area contributed by atoms with E-state index in [-0.39, 0.29) is 23.5 Å². The zero-order valence-electron chi connectivity index (χ0n) is 15.9. The molecule has 1 aliphatic heterocycles. The number of carbonyl (C=O) groups excluding carboxylic acids is 2. The Morgan fingerprint density at radius 3 is 2.68 bits per heavy atom. The van der Waals surface area contributed by atoms with Gasteiger partial charge < -0.3 is 15.6 Å². The van der Waals surface area contributed by atoms with Crippen LogP contribution in [0.1, 0.15) is 23.5 Å². The molecule has 1 aromatic heterocycles. The van der Waals surface area contributed by atoms with Crippen LogP contribution in [0.2, 0.25) is 5.02 Å². The minimum atomic E-state index is -1.09. The molecule has 3 aromatic rings. The molecular weight excluding hydrogens is 443 g/mol. The van der Waals surface area contributed by atoms with Crippen LogP contribution in [0.3, 0.4) is 0 Å². The third-order valence-corrected chi connectivity index (χ3v) is 5.86. The number of aromatic amines is 1. The molecule has 0 saturated carbocycles. The van der Waals surface area contributed by atoms with Crippen molar-refractivity contribution in [1.29, 1.82) is 0 Å². The molecule has 2 aromatic carbocycles. The van der Waals surface area contributed by atoms with Crippen LogP contribution in [0.15, 0.2) is 58.5 Å². The Bertz CT molecular complexity index is 1220. The summed E-state index contributed by atoms with van der Waals surface area (Å²) >= 11 is 7.15. The van der Waals surface area contributed by atoms with E-state index in [9.17, 15) is 18.8 Å². The van der Waals surface area contributed by atoms with Gasteiger partial charge >= 0.3 is 0 Å². The number of thioether (sulfide) groups is 1. The molecule has 158 valence electrons. The van der Waals surface area contributed by atoms with Crippen LogP contribution in [-0.4, -0.2) is 21.8 Å². The number of H-pyrrole nitrogens is 1. The molecule has 2 amide bonds. The molecule has 1 aliphatic rings. The van der Waals surface area contributed by atoms with Gasteiger partial charge in [-0.25, -0.2) is 9.37 Å². The molecule has 2 heterocycles. The number of carbonyl (C=O) groups is 2. The number of halogens is 2. The van der Waals surface area contributed by atoms with Crippen LogP contribution in [0.5, 0.6) is 0 Å². The number of hydrogen-bond donors (Lipinski definition) is 3. The fourth-order valence-electron chi connectivity index (χ4n) is 3.16. The molecule has 0 saturated heterocycles. The van der Waals surface area contributed by atoms with Gasteiger partial charge in [-0.15, -0.1) is 0 Å². The summed E-state index contributed by atoms with van der Waals surface area (Å²) in [6, 6.07) is 12.9.